The van der Waals surface area contributed by atoms with Crippen LogP contribution in [0.3, 0.4) is 0 Å². The van der Waals surface area contributed by atoms with E-state index in [-0.39, 0.29) is 21.7 Å². The zero-order valence-electron chi connectivity index (χ0n) is 6.70. The van der Waals surface area contributed by atoms with Crippen LogP contribution in [0.5, 0.6) is 0 Å². The molecule has 0 atom stereocenters. The second kappa shape index (κ2) is 3.23. The summed E-state index contributed by atoms with van der Waals surface area (Å²) in [5.74, 6) is 0. The van der Waals surface area contributed by atoms with Crippen molar-refractivity contribution in [2.24, 2.45) is 0 Å². The maximum atomic E-state index is 11.0. The van der Waals surface area contributed by atoms with Crippen molar-refractivity contribution in [1.82, 2.24) is 0 Å². The lowest BCUT2D eigenvalue weighted by atomic mass is 10.3. The van der Waals surface area contributed by atoms with Gasteiger partial charge in [-0.05, 0) is 0 Å². The van der Waals surface area contributed by atoms with Crippen molar-refractivity contribution in [3.63, 3.8) is 0 Å². The molecule has 0 saturated heterocycles. The normalized spacial score (nSPS) is 10.6. The van der Waals surface area contributed by atoms with E-state index in [2.05, 4.69) is 4.85 Å². The van der Waals surface area contributed by atoms with Gasteiger partial charge in [-0.2, -0.15) is 10.5 Å². The van der Waals surface area contributed by atoms with Gasteiger partial charge in [0.25, 0.3) is 5.70 Å². The Kier molecular flexibility index (Phi) is 2.12. The summed E-state index contributed by atoms with van der Waals surface area (Å²) in [6.45, 7) is 6.57. The Morgan fingerprint density at radius 2 is 1.71 bits per heavy atom. The van der Waals surface area contributed by atoms with Gasteiger partial charge in [-0.1, -0.05) is 0 Å². The van der Waals surface area contributed by atoms with Gasteiger partial charge in [0.05, 0.1) is 23.1 Å². The van der Waals surface area contributed by atoms with Crippen molar-refractivity contribution in [3.8, 4) is 18.2 Å². The zero-order chi connectivity index (χ0) is 10.7. The van der Waals surface area contributed by atoms with Gasteiger partial charge < -0.3 is 0 Å². The molecule has 0 bridgehead atoms. The number of hydrogen-bond acceptors (Lipinski definition) is 4. The molecule has 1 aromatic carbocycles. The number of nitriles is 3. The molecule has 0 saturated carbocycles. The third kappa shape index (κ3) is 1.12. The van der Waals surface area contributed by atoms with E-state index in [1.165, 1.54) is 18.2 Å². The molecule has 0 amide bonds. The maximum Gasteiger partial charge on any atom is 0.273 e. The molecular formula is C9N4O. The topological polar surface area (TPSA) is 92.8 Å². The fourth-order valence-electron chi connectivity index (χ4n) is 0.908. The highest BCUT2D eigenvalue weighted by molar-refractivity contribution is 5.77. The van der Waals surface area contributed by atoms with Crippen molar-refractivity contribution in [2.75, 3.05) is 0 Å². The highest BCUT2D eigenvalue weighted by atomic mass is 16.1. The average Bonchev–Trinajstić information content (AvgIpc) is 2.83. The standard InChI is InChI=1S/C9N4O/c1-13-6(4-12)8-7(9(8)14)5(2-10)3-11/b8-6-. The minimum absolute atomic E-state index is 0.0949. The molecule has 1 rings (SSSR count). The molecule has 0 aliphatic heterocycles. The molecule has 0 radical (unpaired) electrons. The fraction of sp³-hybridized carbons (Fsp3) is 0. The molecule has 62 valence electrons. The first-order valence-electron chi connectivity index (χ1n) is 3.32. The third-order valence-corrected chi connectivity index (χ3v) is 1.57. The van der Waals surface area contributed by atoms with Crippen LogP contribution in [-0.2, 0) is 0 Å². The smallest absolute Gasteiger partial charge is 0.273 e. The molecule has 5 heteroatoms. The largest absolute Gasteiger partial charge is 0.290 e. The van der Waals surface area contributed by atoms with Gasteiger partial charge in [-0.25, -0.2) is 10.1 Å². The van der Waals surface area contributed by atoms with E-state index >= 15 is 0 Å². The van der Waals surface area contributed by atoms with E-state index < -0.39 is 5.43 Å². The molecule has 0 aromatic heterocycles. The van der Waals surface area contributed by atoms with Gasteiger partial charge in [-0.3, -0.25) is 4.79 Å². The van der Waals surface area contributed by atoms with Crippen LogP contribution in [0, 0.1) is 40.6 Å². The molecule has 0 N–H and O–H groups in total. The monoisotopic (exact) mass is 180 g/mol. The molecule has 0 spiro atoms. The summed E-state index contributed by atoms with van der Waals surface area (Å²) in [4.78, 5) is 13.8. The lowest BCUT2D eigenvalue weighted by molar-refractivity contribution is 1.50. The van der Waals surface area contributed by atoms with Gasteiger partial charge in [0.1, 0.15) is 17.7 Å². The van der Waals surface area contributed by atoms with Gasteiger partial charge in [0.15, 0.2) is 5.43 Å². The van der Waals surface area contributed by atoms with Gasteiger partial charge in [0.2, 0.25) is 0 Å². The molecule has 0 aliphatic rings. The first-order valence-corrected chi connectivity index (χ1v) is 3.32. The van der Waals surface area contributed by atoms with Crippen LogP contribution >= 0.6 is 0 Å². The minimum atomic E-state index is -0.560. The Hall–Kier alpha value is -2.89. The van der Waals surface area contributed by atoms with E-state index in [0.29, 0.717) is 0 Å². The first kappa shape index (κ1) is 9.20. The molecule has 0 unspecified atom stereocenters. The van der Waals surface area contributed by atoms with Gasteiger partial charge in [0, 0.05) is 0 Å². The molecule has 0 fully saturated rings. The van der Waals surface area contributed by atoms with E-state index in [9.17, 15) is 4.79 Å². The van der Waals surface area contributed by atoms with Gasteiger partial charge >= 0.3 is 0 Å². The predicted molar refractivity (Wildman–Crippen MR) is 44.6 cm³/mol. The summed E-state index contributed by atoms with van der Waals surface area (Å²) in [5.41, 5.74) is -1.27. The summed E-state index contributed by atoms with van der Waals surface area (Å²) in [6.07, 6.45) is 0. The lowest BCUT2D eigenvalue weighted by Gasteiger charge is -1.69. The van der Waals surface area contributed by atoms with E-state index in [0.717, 1.165) is 0 Å². The van der Waals surface area contributed by atoms with Crippen LogP contribution in [0.2, 0.25) is 0 Å². The summed E-state index contributed by atoms with van der Waals surface area (Å²) in [6, 6.07) is 4.59. The Balaban J connectivity index is 3.80. The highest BCUT2D eigenvalue weighted by Crippen LogP contribution is 1.89. The van der Waals surface area contributed by atoms with Crippen molar-refractivity contribution < 1.29 is 0 Å². The summed E-state index contributed by atoms with van der Waals surface area (Å²) >= 11 is 0. The van der Waals surface area contributed by atoms with Crippen LogP contribution in [-0.4, -0.2) is 0 Å². The first-order chi connectivity index (χ1) is 6.71. The van der Waals surface area contributed by atoms with Crippen LogP contribution in [0.1, 0.15) is 0 Å². The van der Waals surface area contributed by atoms with Crippen LogP contribution < -0.4 is 15.9 Å². The van der Waals surface area contributed by atoms with E-state index in [4.69, 9.17) is 22.4 Å². The van der Waals surface area contributed by atoms with Gasteiger partial charge in [-0.15, -0.1) is 0 Å². The van der Waals surface area contributed by atoms with Crippen LogP contribution in [0.15, 0.2) is 4.79 Å². The average molecular weight is 180 g/mol. The van der Waals surface area contributed by atoms with Crippen molar-refractivity contribution >= 4 is 11.3 Å². The summed E-state index contributed by atoms with van der Waals surface area (Å²) in [7, 11) is 0. The van der Waals surface area contributed by atoms with Crippen LogP contribution in [0.4, 0.5) is 0 Å². The van der Waals surface area contributed by atoms with Crippen LogP contribution in [0.25, 0.3) is 16.1 Å². The highest BCUT2D eigenvalue weighted by Gasteiger charge is 2.16. The Morgan fingerprint density at radius 1 is 1.14 bits per heavy atom. The fourth-order valence-corrected chi connectivity index (χ4v) is 0.908. The predicted octanol–water partition coefficient (Wildman–Crippen LogP) is -1.33. The second-order valence-electron chi connectivity index (χ2n) is 2.25. The zero-order valence-corrected chi connectivity index (χ0v) is 6.70. The molecule has 0 aliphatic carbocycles. The molecule has 0 heterocycles. The number of hydrogen-bond donors (Lipinski definition) is 0. The molecule has 1 aromatic rings. The van der Waals surface area contributed by atoms with Crippen molar-refractivity contribution in [1.29, 1.82) is 15.8 Å². The minimum Gasteiger partial charge on any atom is -0.290 e. The molecular weight excluding hydrogens is 180 g/mol. The maximum absolute atomic E-state index is 11.0. The van der Waals surface area contributed by atoms with Crippen molar-refractivity contribution in [3.05, 3.63) is 32.1 Å². The Labute approximate surface area is 78.2 Å². The molecule has 5 nitrogen and oxygen atoms in total. The SMILES string of the molecule is [C-]#[N+]/C(C#N)=c1\c(=O)c1=C(C#N)C#N. The number of nitrogens with zero attached hydrogens (tertiary/aromatic N) is 4. The second-order valence-corrected chi connectivity index (χ2v) is 2.25. The summed E-state index contributed by atoms with van der Waals surface area (Å²) < 4.78 is 0. The molecule has 14 heavy (non-hydrogen) atoms. The Morgan fingerprint density at radius 3 is 2.07 bits per heavy atom. The third-order valence-electron chi connectivity index (χ3n) is 1.57. The Bertz CT molecular complexity index is 596. The van der Waals surface area contributed by atoms with E-state index in [1.54, 1.807) is 0 Å². The van der Waals surface area contributed by atoms with Crippen molar-refractivity contribution in [2.45, 2.75) is 0 Å². The lowest BCUT2D eigenvalue weighted by Crippen LogP contribution is -2.03. The number of rotatable bonds is 0. The summed E-state index contributed by atoms with van der Waals surface area (Å²) in [5, 5.41) is 25.1. The quantitative estimate of drug-likeness (QED) is 0.462. The van der Waals surface area contributed by atoms with E-state index in [1.807, 2.05) is 0 Å².